The third kappa shape index (κ3) is 4.57. The van der Waals surface area contributed by atoms with E-state index in [1.165, 1.54) is 28.4 Å². The van der Waals surface area contributed by atoms with Crippen LogP contribution in [0.5, 0.6) is 0 Å². The molecule has 0 aliphatic carbocycles. The van der Waals surface area contributed by atoms with Gasteiger partial charge in [-0.25, -0.2) is 18.6 Å². The van der Waals surface area contributed by atoms with Crippen LogP contribution in [0, 0.1) is 11.6 Å². The number of nitrogens with one attached hydrogen (secondary N) is 2. The van der Waals surface area contributed by atoms with E-state index in [4.69, 9.17) is 0 Å². The van der Waals surface area contributed by atoms with Crippen molar-refractivity contribution in [3.8, 4) is 0 Å². The van der Waals surface area contributed by atoms with Gasteiger partial charge in [-0.1, -0.05) is 18.2 Å². The zero-order chi connectivity index (χ0) is 20.4. The van der Waals surface area contributed by atoms with E-state index in [2.05, 4.69) is 15.6 Å². The fourth-order valence-electron chi connectivity index (χ4n) is 3.08. The molecule has 2 heterocycles. The van der Waals surface area contributed by atoms with E-state index < -0.39 is 17.7 Å². The van der Waals surface area contributed by atoms with E-state index in [0.717, 1.165) is 16.5 Å². The molecule has 3 amide bonds. The Bertz CT molecular complexity index is 1070. The van der Waals surface area contributed by atoms with Gasteiger partial charge in [-0.05, 0) is 29.3 Å². The summed E-state index contributed by atoms with van der Waals surface area (Å²) in [6, 6.07) is 10.2. The minimum Gasteiger partial charge on any atom is -0.324 e. The summed E-state index contributed by atoms with van der Waals surface area (Å²) in [5.41, 5.74) is 2.00. The molecule has 0 spiro atoms. The van der Waals surface area contributed by atoms with Gasteiger partial charge in [0.25, 0.3) is 0 Å². The van der Waals surface area contributed by atoms with E-state index >= 15 is 0 Å². The first-order chi connectivity index (χ1) is 14.0. The molecule has 2 N–H and O–H groups in total. The molecule has 6 nitrogen and oxygen atoms in total. The van der Waals surface area contributed by atoms with Crippen molar-refractivity contribution in [2.75, 3.05) is 17.2 Å². The maximum atomic E-state index is 13.3. The predicted octanol–water partition coefficient (Wildman–Crippen LogP) is 4.00. The molecule has 2 aromatic carbocycles. The highest BCUT2D eigenvalue weighted by atomic mass is 32.1. The Balaban J connectivity index is 1.44. The first-order valence-corrected chi connectivity index (χ1v) is 9.61. The van der Waals surface area contributed by atoms with Crippen LogP contribution in [0.2, 0.25) is 0 Å². The molecule has 0 radical (unpaired) electrons. The average molecular weight is 414 g/mol. The number of nitrogens with zero attached hydrogens (tertiary/aromatic N) is 2. The van der Waals surface area contributed by atoms with E-state index in [1.54, 1.807) is 12.3 Å². The Labute approximate surface area is 169 Å². The maximum Gasteiger partial charge on any atom is 0.324 e. The number of carbonyl (C=O) groups excluding carboxylic acids is 2. The first-order valence-electron chi connectivity index (χ1n) is 8.79. The van der Waals surface area contributed by atoms with Gasteiger partial charge >= 0.3 is 6.03 Å². The zero-order valence-corrected chi connectivity index (χ0v) is 15.9. The van der Waals surface area contributed by atoms with Crippen LogP contribution < -0.4 is 10.6 Å². The van der Waals surface area contributed by atoms with Gasteiger partial charge in [0.05, 0.1) is 6.54 Å². The van der Waals surface area contributed by atoms with Gasteiger partial charge in [0, 0.05) is 29.2 Å². The molecule has 29 heavy (non-hydrogen) atoms. The first kappa shape index (κ1) is 19.0. The molecular formula is C20H16F2N4O2S. The highest BCUT2D eigenvalue weighted by Crippen LogP contribution is 2.24. The molecule has 1 aliphatic heterocycles. The van der Waals surface area contributed by atoms with Crippen molar-refractivity contribution >= 4 is 34.1 Å². The summed E-state index contributed by atoms with van der Waals surface area (Å²) in [6.07, 6.45) is 1.84. The number of rotatable bonds is 3. The minimum atomic E-state index is -0.641. The number of anilines is 2. The SMILES string of the molecule is O=C1CN(C(=O)Nc2ncc(Cc3cc(F)cc(F)c3)s2)Cc2ccccc2N1. The Morgan fingerprint density at radius 2 is 1.93 bits per heavy atom. The Hall–Kier alpha value is -3.33. The second kappa shape index (κ2) is 7.96. The van der Waals surface area contributed by atoms with Crippen molar-refractivity contribution in [3.63, 3.8) is 0 Å². The van der Waals surface area contributed by atoms with Gasteiger partial charge in [-0.3, -0.25) is 10.1 Å². The number of thiazole rings is 1. The second-order valence-corrected chi connectivity index (χ2v) is 7.69. The highest BCUT2D eigenvalue weighted by molar-refractivity contribution is 7.15. The number of benzene rings is 2. The summed E-state index contributed by atoms with van der Waals surface area (Å²) in [5, 5.41) is 5.81. The van der Waals surface area contributed by atoms with Crippen LogP contribution in [-0.2, 0) is 17.8 Å². The number of hydrogen-bond acceptors (Lipinski definition) is 4. The van der Waals surface area contributed by atoms with Crippen molar-refractivity contribution < 1.29 is 18.4 Å². The molecule has 3 aromatic rings. The normalized spacial score (nSPS) is 13.4. The minimum absolute atomic E-state index is 0.0820. The van der Waals surface area contributed by atoms with Crippen LogP contribution in [0.15, 0.2) is 48.7 Å². The average Bonchev–Trinajstić information content (AvgIpc) is 3.00. The van der Waals surface area contributed by atoms with Gasteiger partial charge in [0.1, 0.15) is 18.2 Å². The van der Waals surface area contributed by atoms with Crippen LogP contribution in [-0.4, -0.2) is 28.4 Å². The zero-order valence-electron chi connectivity index (χ0n) is 15.1. The third-order valence-corrected chi connectivity index (χ3v) is 5.26. The molecule has 1 aliphatic rings. The molecular weight excluding hydrogens is 398 g/mol. The maximum absolute atomic E-state index is 13.3. The van der Waals surface area contributed by atoms with Crippen molar-refractivity contribution in [2.45, 2.75) is 13.0 Å². The molecule has 0 unspecified atom stereocenters. The van der Waals surface area contributed by atoms with Crippen LogP contribution in [0.1, 0.15) is 16.0 Å². The monoisotopic (exact) mass is 414 g/mol. The Morgan fingerprint density at radius 3 is 2.72 bits per heavy atom. The van der Waals surface area contributed by atoms with Crippen molar-refractivity contribution in [2.24, 2.45) is 0 Å². The summed E-state index contributed by atoms with van der Waals surface area (Å²) in [5.74, 6) is -1.56. The third-order valence-electron chi connectivity index (χ3n) is 4.34. The Morgan fingerprint density at radius 1 is 1.17 bits per heavy atom. The lowest BCUT2D eigenvalue weighted by Gasteiger charge is -2.19. The number of halogens is 2. The van der Waals surface area contributed by atoms with Crippen LogP contribution in [0.25, 0.3) is 0 Å². The summed E-state index contributed by atoms with van der Waals surface area (Å²) in [7, 11) is 0. The van der Waals surface area contributed by atoms with Crippen LogP contribution >= 0.6 is 11.3 Å². The van der Waals surface area contributed by atoms with E-state index in [9.17, 15) is 18.4 Å². The number of amides is 3. The number of fused-ring (bicyclic) bond motifs is 1. The highest BCUT2D eigenvalue weighted by Gasteiger charge is 2.23. The van der Waals surface area contributed by atoms with E-state index in [-0.39, 0.29) is 19.0 Å². The van der Waals surface area contributed by atoms with Gasteiger partial charge < -0.3 is 10.2 Å². The summed E-state index contributed by atoms with van der Waals surface area (Å²) in [4.78, 5) is 31.0. The van der Waals surface area contributed by atoms with Gasteiger partial charge in [0.2, 0.25) is 5.91 Å². The lowest BCUT2D eigenvalue weighted by atomic mass is 10.1. The second-order valence-electron chi connectivity index (χ2n) is 6.58. The Kier molecular flexibility index (Phi) is 5.22. The van der Waals surface area contributed by atoms with Crippen molar-refractivity contribution in [1.29, 1.82) is 0 Å². The number of para-hydroxylation sites is 1. The smallest absolute Gasteiger partial charge is 0.324 e. The lowest BCUT2D eigenvalue weighted by molar-refractivity contribution is -0.116. The summed E-state index contributed by atoms with van der Waals surface area (Å²) < 4.78 is 26.7. The van der Waals surface area contributed by atoms with Crippen molar-refractivity contribution in [1.82, 2.24) is 9.88 Å². The predicted molar refractivity (Wildman–Crippen MR) is 106 cm³/mol. The molecule has 1 aromatic heterocycles. The number of aromatic nitrogens is 1. The van der Waals surface area contributed by atoms with Crippen molar-refractivity contribution in [3.05, 3.63) is 76.3 Å². The van der Waals surface area contributed by atoms with E-state index in [0.29, 0.717) is 22.8 Å². The molecule has 4 rings (SSSR count). The fourth-order valence-corrected chi connectivity index (χ4v) is 3.92. The number of carbonyl (C=O) groups is 2. The van der Waals surface area contributed by atoms with Crippen LogP contribution in [0.3, 0.4) is 0 Å². The molecule has 0 saturated heterocycles. The molecule has 148 valence electrons. The van der Waals surface area contributed by atoms with Crippen LogP contribution in [0.4, 0.5) is 24.4 Å². The lowest BCUT2D eigenvalue weighted by Crippen LogP contribution is -2.38. The number of hydrogen-bond donors (Lipinski definition) is 2. The molecule has 0 fully saturated rings. The van der Waals surface area contributed by atoms with Gasteiger partial charge in [-0.15, -0.1) is 11.3 Å². The summed E-state index contributed by atoms with van der Waals surface area (Å²) in [6.45, 7) is 0.197. The summed E-state index contributed by atoms with van der Waals surface area (Å²) >= 11 is 1.21. The quantitative estimate of drug-likeness (QED) is 0.680. The van der Waals surface area contributed by atoms with Gasteiger partial charge in [-0.2, -0.15) is 0 Å². The largest absolute Gasteiger partial charge is 0.324 e. The molecule has 9 heteroatoms. The number of urea groups is 1. The standard InChI is InChI=1S/C20H16F2N4O2S/c21-14-5-12(6-15(22)8-14)7-16-9-23-19(29-16)25-20(28)26-10-13-3-1-2-4-17(13)24-18(27)11-26/h1-6,8-9H,7,10-11H2,(H,24,27)(H,23,25,28). The van der Waals surface area contributed by atoms with E-state index in [1.807, 2.05) is 18.2 Å². The molecule has 0 atom stereocenters. The molecule has 0 saturated carbocycles. The topological polar surface area (TPSA) is 74.3 Å². The molecule has 0 bridgehead atoms. The van der Waals surface area contributed by atoms with Gasteiger partial charge in [0.15, 0.2) is 5.13 Å². The fraction of sp³-hybridized carbons (Fsp3) is 0.150.